The summed E-state index contributed by atoms with van der Waals surface area (Å²) in [5.74, 6) is -4.05. The maximum absolute atomic E-state index is 13.8. The third kappa shape index (κ3) is 3.45. The summed E-state index contributed by atoms with van der Waals surface area (Å²) in [5, 5.41) is 7.44. The molecule has 1 aromatic carbocycles. The summed E-state index contributed by atoms with van der Waals surface area (Å²) >= 11 is 0. The van der Waals surface area contributed by atoms with Crippen molar-refractivity contribution in [3.05, 3.63) is 47.5 Å². The van der Waals surface area contributed by atoms with E-state index in [1.165, 1.54) is 12.4 Å². The van der Waals surface area contributed by atoms with Crippen molar-refractivity contribution >= 4 is 11.7 Å². The molecule has 0 fully saturated rings. The van der Waals surface area contributed by atoms with Gasteiger partial charge in [-0.2, -0.15) is 23.4 Å². The molecule has 2 unspecified atom stereocenters. The van der Waals surface area contributed by atoms with E-state index in [9.17, 15) is 26.3 Å². The third-order valence-corrected chi connectivity index (χ3v) is 4.73. The Balaban J connectivity index is 1.43. The number of alkyl halides is 3. The number of halogens is 6. The van der Waals surface area contributed by atoms with Crippen molar-refractivity contribution in [1.82, 2.24) is 20.7 Å². The highest BCUT2D eigenvalue weighted by molar-refractivity contribution is 5.91. The summed E-state index contributed by atoms with van der Waals surface area (Å²) in [5.41, 5.74) is 11.1. The SMILES string of the molecule is N[C@@H](CC1=NNC2C3NN=C(C(F)(F)F)N3C=CN12)Cc1cc(F)c(F)cc1F. The van der Waals surface area contributed by atoms with Gasteiger partial charge in [0, 0.05) is 30.9 Å². The van der Waals surface area contributed by atoms with E-state index in [1.807, 2.05) is 0 Å². The normalized spacial score (nSPS) is 23.8. The highest BCUT2D eigenvalue weighted by Gasteiger charge is 2.50. The van der Waals surface area contributed by atoms with E-state index < -0.39 is 47.8 Å². The molecule has 0 aliphatic carbocycles. The van der Waals surface area contributed by atoms with Crippen LogP contribution in [0.5, 0.6) is 0 Å². The molecule has 0 amide bonds. The highest BCUT2D eigenvalue weighted by Crippen LogP contribution is 2.30. The first kappa shape index (κ1) is 19.4. The van der Waals surface area contributed by atoms with Gasteiger partial charge in [0.25, 0.3) is 0 Å². The molecule has 156 valence electrons. The number of benzene rings is 1. The Labute approximate surface area is 160 Å². The zero-order chi connectivity index (χ0) is 20.9. The van der Waals surface area contributed by atoms with Crippen LogP contribution in [0.2, 0.25) is 0 Å². The van der Waals surface area contributed by atoms with Gasteiger partial charge in [-0.3, -0.25) is 15.8 Å². The molecule has 13 heteroatoms. The predicted molar refractivity (Wildman–Crippen MR) is 90.2 cm³/mol. The molecular weight excluding hydrogens is 404 g/mol. The molecular formula is C16H15F6N7. The molecule has 0 bridgehead atoms. The van der Waals surface area contributed by atoms with Crippen LogP contribution in [-0.4, -0.2) is 46.0 Å². The molecule has 3 atom stereocenters. The van der Waals surface area contributed by atoms with Gasteiger partial charge in [-0.05, 0) is 18.1 Å². The second-order valence-electron chi connectivity index (χ2n) is 6.75. The van der Waals surface area contributed by atoms with E-state index in [0.29, 0.717) is 11.9 Å². The van der Waals surface area contributed by atoms with Gasteiger partial charge >= 0.3 is 6.18 Å². The van der Waals surface area contributed by atoms with Gasteiger partial charge in [0.1, 0.15) is 11.7 Å². The average molecular weight is 419 g/mol. The molecule has 4 N–H and O–H groups in total. The molecule has 0 spiro atoms. The van der Waals surface area contributed by atoms with Crippen LogP contribution < -0.4 is 16.6 Å². The van der Waals surface area contributed by atoms with Gasteiger partial charge in [-0.15, -0.1) is 0 Å². The first-order valence-corrected chi connectivity index (χ1v) is 8.51. The van der Waals surface area contributed by atoms with Crippen molar-refractivity contribution in [1.29, 1.82) is 0 Å². The highest BCUT2D eigenvalue weighted by atomic mass is 19.4. The van der Waals surface area contributed by atoms with Crippen LogP contribution in [0.4, 0.5) is 26.3 Å². The zero-order valence-electron chi connectivity index (χ0n) is 14.6. The van der Waals surface area contributed by atoms with E-state index in [-0.39, 0.29) is 18.4 Å². The molecule has 1 aromatic rings. The minimum Gasteiger partial charge on any atom is -0.327 e. The van der Waals surface area contributed by atoms with Crippen LogP contribution in [-0.2, 0) is 6.42 Å². The van der Waals surface area contributed by atoms with Gasteiger partial charge in [-0.1, -0.05) is 0 Å². The van der Waals surface area contributed by atoms with Crippen molar-refractivity contribution in [2.24, 2.45) is 15.9 Å². The maximum Gasteiger partial charge on any atom is 0.451 e. The fourth-order valence-corrected chi connectivity index (χ4v) is 3.40. The largest absolute Gasteiger partial charge is 0.451 e. The fourth-order valence-electron chi connectivity index (χ4n) is 3.40. The van der Waals surface area contributed by atoms with Crippen LogP contribution >= 0.6 is 0 Å². The number of hydrazone groups is 2. The van der Waals surface area contributed by atoms with Crippen molar-refractivity contribution < 1.29 is 26.3 Å². The number of nitrogens with one attached hydrogen (secondary N) is 2. The lowest BCUT2D eigenvalue weighted by Crippen LogP contribution is -2.59. The van der Waals surface area contributed by atoms with Crippen molar-refractivity contribution in [3.8, 4) is 0 Å². The van der Waals surface area contributed by atoms with Crippen LogP contribution in [0, 0.1) is 17.5 Å². The van der Waals surface area contributed by atoms with Crippen molar-refractivity contribution in [3.63, 3.8) is 0 Å². The fraction of sp³-hybridized carbons (Fsp3) is 0.375. The Morgan fingerprint density at radius 3 is 2.28 bits per heavy atom. The molecule has 7 nitrogen and oxygen atoms in total. The van der Waals surface area contributed by atoms with Crippen molar-refractivity contribution in [2.75, 3.05) is 0 Å². The number of nitrogens with zero attached hydrogens (tertiary/aromatic N) is 4. The summed E-state index contributed by atoms with van der Waals surface area (Å²) in [7, 11) is 0. The molecule has 3 heterocycles. The van der Waals surface area contributed by atoms with Crippen molar-refractivity contribution in [2.45, 2.75) is 37.4 Å². The van der Waals surface area contributed by atoms with E-state index >= 15 is 0 Å². The first-order chi connectivity index (χ1) is 13.6. The van der Waals surface area contributed by atoms with E-state index in [2.05, 4.69) is 21.1 Å². The van der Waals surface area contributed by atoms with E-state index in [4.69, 9.17) is 5.73 Å². The number of hydrogen-bond donors (Lipinski definition) is 3. The number of fused-ring (bicyclic) bond motifs is 3. The van der Waals surface area contributed by atoms with Crippen LogP contribution in [0.15, 0.2) is 34.7 Å². The van der Waals surface area contributed by atoms with Crippen LogP contribution in [0.1, 0.15) is 12.0 Å². The minimum atomic E-state index is -4.62. The van der Waals surface area contributed by atoms with Gasteiger partial charge in [0.05, 0.1) is 0 Å². The molecule has 4 rings (SSSR count). The van der Waals surface area contributed by atoms with Gasteiger partial charge in [-0.25, -0.2) is 13.2 Å². The Morgan fingerprint density at radius 2 is 1.55 bits per heavy atom. The third-order valence-electron chi connectivity index (χ3n) is 4.73. The average Bonchev–Trinajstić information content (AvgIpc) is 3.23. The lowest BCUT2D eigenvalue weighted by Gasteiger charge is -2.37. The number of hydrogen-bond acceptors (Lipinski definition) is 7. The molecule has 0 saturated heterocycles. The Kier molecular flexibility index (Phi) is 4.56. The lowest BCUT2D eigenvalue weighted by atomic mass is 10.0. The minimum absolute atomic E-state index is 0.0828. The van der Waals surface area contributed by atoms with Crippen LogP contribution in [0.25, 0.3) is 0 Å². The predicted octanol–water partition coefficient (Wildman–Crippen LogP) is 1.50. The monoisotopic (exact) mass is 419 g/mol. The Bertz CT molecular complexity index is 912. The smallest absolute Gasteiger partial charge is 0.327 e. The molecule has 0 saturated carbocycles. The quantitative estimate of drug-likeness (QED) is 0.509. The topological polar surface area (TPSA) is 81.3 Å². The molecule has 0 aromatic heterocycles. The number of rotatable bonds is 4. The Morgan fingerprint density at radius 1 is 0.931 bits per heavy atom. The lowest BCUT2D eigenvalue weighted by molar-refractivity contribution is -0.0676. The summed E-state index contributed by atoms with van der Waals surface area (Å²) in [6.07, 6.45) is -3.49. The Hall–Kier alpha value is -2.96. The molecule has 29 heavy (non-hydrogen) atoms. The second kappa shape index (κ2) is 6.83. The number of amidine groups is 2. The zero-order valence-corrected chi connectivity index (χ0v) is 14.6. The van der Waals surface area contributed by atoms with Gasteiger partial charge in [0.2, 0.25) is 5.84 Å². The summed E-state index contributed by atoms with van der Waals surface area (Å²) in [6.45, 7) is 0. The van der Waals surface area contributed by atoms with Gasteiger partial charge < -0.3 is 10.6 Å². The molecule has 0 radical (unpaired) electrons. The van der Waals surface area contributed by atoms with E-state index in [1.54, 1.807) is 4.90 Å². The standard InChI is InChI=1S/C16H15F6N7/c17-9-6-11(19)10(18)4-7(9)3-8(23)5-12-24-25-13-14-26-27-15(16(20,21)22)29(14)2-1-28(12)13/h1-2,4,6,8,13-14,25-26H,3,5,23H2/t8-,13?,14?/m1/s1. The number of nitrogens with two attached hydrogens (primary N) is 1. The summed E-state index contributed by atoms with van der Waals surface area (Å²) < 4.78 is 79.2. The second-order valence-corrected chi connectivity index (χ2v) is 6.75. The first-order valence-electron chi connectivity index (χ1n) is 8.51. The van der Waals surface area contributed by atoms with E-state index in [0.717, 1.165) is 11.0 Å². The molecule has 3 aliphatic rings. The molecule has 3 aliphatic heterocycles. The maximum atomic E-state index is 13.8. The van der Waals surface area contributed by atoms with Crippen LogP contribution in [0.3, 0.4) is 0 Å². The summed E-state index contributed by atoms with van der Waals surface area (Å²) in [6, 6.07) is 0.506. The summed E-state index contributed by atoms with van der Waals surface area (Å²) in [4.78, 5) is 2.54. The van der Waals surface area contributed by atoms with Gasteiger partial charge in [0.15, 0.2) is 24.0 Å².